The molecule has 0 fully saturated rings. The molecular formula is C22H23NO6S. The summed E-state index contributed by atoms with van der Waals surface area (Å²) < 4.78 is 49.6. The Kier molecular flexibility index (Phi) is 7.03. The summed E-state index contributed by atoms with van der Waals surface area (Å²) in [5.41, 5.74) is 0.396. The Morgan fingerprint density at radius 3 is 1.93 bits per heavy atom. The molecule has 0 saturated carbocycles. The van der Waals surface area contributed by atoms with Gasteiger partial charge >= 0.3 is 0 Å². The van der Waals surface area contributed by atoms with Gasteiger partial charge in [0.15, 0.2) is 0 Å². The molecule has 0 amide bonds. The summed E-state index contributed by atoms with van der Waals surface area (Å²) in [6.07, 6.45) is 0. The van der Waals surface area contributed by atoms with Crippen LogP contribution in [0.15, 0.2) is 77.7 Å². The Bertz CT molecular complexity index is 1050. The molecule has 0 aliphatic heterocycles. The first kappa shape index (κ1) is 21.3. The lowest BCUT2D eigenvalue weighted by Crippen LogP contribution is -2.14. The van der Waals surface area contributed by atoms with E-state index in [0.29, 0.717) is 30.4 Å². The van der Waals surface area contributed by atoms with Crippen LogP contribution in [0.3, 0.4) is 0 Å². The Hall–Kier alpha value is -3.39. The van der Waals surface area contributed by atoms with Gasteiger partial charge < -0.3 is 18.9 Å². The topological polar surface area (TPSA) is 83.1 Å². The van der Waals surface area contributed by atoms with E-state index in [1.54, 1.807) is 36.4 Å². The average Bonchev–Trinajstić information content (AvgIpc) is 2.78. The van der Waals surface area contributed by atoms with Gasteiger partial charge in [0.25, 0.3) is 10.0 Å². The highest BCUT2D eigenvalue weighted by Gasteiger charge is 2.20. The second-order valence-electron chi connectivity index (χ2n) is 6.16. The summed E-state index contributed by atoms with van der Waals surface area (Å²) >= 11 is 0. The van der Waals surface area contributed by atoms with E-state index in [1.807, 2.05) is 30.3 Å². The molecule has 3 rings (SSSR count). The van der Waals surface area contributed by atoms with Gasteiger partial charge in [-0.1, -0.05) is 18.2 Å². The van der Waals surface area contributed by atoms with Crippen molar-refractivity contribution < 1.29 is 27.4 Å². The molecule has 158 valence electrons. The highest BCUT2D eigenvalue weighted by molar-refractivity contribution is 7.92. The fourth-order valence-corrected chi connectivity index (χ4v) is 3.90. The number of sulfonamides is 1. The minimum atomic E-state index is -3.87. The zero-order chi connectivity index (χ0) is 21.4. The van der Waals surface area contributed by atoms with Crippen LogP contribution in [0, 0.1) is 0 Å². The first-order chi connectivity index (χ1) is 14.5. The Morgan fingerprint density at radius 2 is 1.33 bits per heavy atom. The number of hydrogen-bond donors (Lipinski definition) is 1. The van der Waals surface area contributed by atoms with Crippen LogP contribution in [-0.4, -0.2) is 35.9 Å². The molecule has 1 N–H and O–H groups in total. The van der Waals surface area contributed by atoms with Gasteiger partial charge in [0.2, 0.25) is 0 Å². The van der Waals surface area contributed by atoms with Crippen LogP contribution < -0.4 is 23.7 Å². The second kappa shape index (κ2) is 9.89. The molecule has 0 heterocycles. The molecule has 7 nitrogen and oxygen atoms in total. The number of methoxy groups -OCH3 is 2. The summed E-state index contributed by atoms with van der Waals surface area (Å²) in [4.78, 5) is -0.0114. The zero-order valence-electron chi connectivity index (χ0n) is 16.7. The van der Waals surface area contributed by atoms with Gasteiger partial charge in [0.05, 0.1) is 14.2 Å². The minimum absolute atomic E-state index is 0.0114. The molecule has 3 aromatic rings. The van der Waals surface area contributed by atoms with Gasteiger partial charge in [-0.2, -0.15) is 0 Å². The molecule has 0 aromatic heterocycles. The molecular weight excluding hydrogens is 406 g/mol. The molecule has 0 spiro atoms. The molecule has 0 bridgehead atoms. The predicted octanol–water partition coefficient (Wildman–Crippen LogP) is 3.96. The SMILES string of the molecule is COc1ccc(OC)c(S(=O)(=O)Nc2ccc(OCCOc3ccccc3)cc2)c1. The van der Waals surface area contributed by atoms with E-state index < -0.39 is 10.0 Å². The van der Waals surface area contributed by atoms with E-state index in [9.17, 15) is 8.42 Å². The normalized spacial score (nSPS) is 10.9. The third-order valence-electron chi connectivity index (χ3n) is 4.13. The number of benzene rings is 3. The third-order valence-corrected chi connectivity index (χ3v) is 5.53. The van der Waals surface area contributed by atoms with E-state index in [4.69, 9.17) is 18.9 Å². The minimum Gasteiger partial charge on any atom is -0.497 e. The van der Waals surface area contributed by atoms with Crippen LogP contribution in [0.4, 0.5) is 5.69 Å². The number of nitrogens with one attached hydrogen (secondary N) is 1. The maximum absolute atomic E-state index is 12.8. The number of anilines is 1. The predicted molar refractivity (Wildman–Crippen MR) is 114 cm³/mol. The third kappa shape index (κ3) is 5.57. The van der Waals surface area contributed by atoms with E-state index in [2.05, 4.69) is 4.72 Å². The van der Waals surface area contributed by atoms with Crippen molar-refractivity contribution in [1.82, 2.24) is 0 Å². The first-order valence-corrected chi connectivity index (χ1v) is 10.7. The van der Waals surface area contributed by atoms with Gasteiger partial charge in [-0.05, 0) is 48.5 Å². The van der Waals surface area contributed by atoms with E-state index in [-0.39, 0.29) is 10.6 Å². The monoisotopic (exact) mass is 429 g/mol. The summed E-state index contributed by atoms with van der Waals surface area (Å²) in [7, 11) is -0.990. The fourth-order valence-electron chi connectivity index (χ4n) is 2.66. The van der Waals surface area contributed by atoms with Crippen LogP contribution in [-0.2, 0) is 10.0 Å². The lowest BCUT2D eigenvalue weighted by atomic mass is 10.3. The first-order valence-electron chi connectivity index (χ1n) is 9.17. The summed E-state index contributed by atoms with van der Waals surface area (Å²) in [5.74, 6) is 2.02. The Labute approximate surface area is 176 Å². The van der Waals surface area contributed by atoms with E-state index in [1.165, 1.54) is 20.3 Å². The molecule has 30 heavy (non-hydrogen) atoms. The molecule has 0 radical (unpaired) electrons. The molecule has 0 aliphatic rings. The van der Waals surface area contributed by atoms with Crippen LogP contribution >= 0.6 is 0 Å². The van der Waals surface area contributed by atoms with Crippen molar-refractivity contribution in [3.8, 4) is 23.0 Å². The highest BCUT2D eigenvalue weighted by atomic mass is 32.2. The van der Waals surface area contributed by atoms with E-state index >= 15 is 0 Å². The molecule has 0 atom stereocenters. The highest BCUT2D eigenvalue weighted by Crippen LogP contribution is 2.30. The maximum atomic E-state index is 12.8. The molecule has 8 heteroatoms. The second-order valence-corrected chi connectivity index (χ2v) is 7.81. The van der Waals surface area contributed by atoms with Gasteiger partial charge in [0.1, 0.15) is 41.1 Å². The van der Waals surface area contributed by atoms with Gasteiger partial charge in [-0.15, -0.1) is 0 Å². The number of rotatable bonds is 10. The summed E-state index contributed by atoms with van der Waals surface area (Å²) in [6.45, 7) is 0.759. The van der Waals surface area contributed by atoms with Crippen molar-refractivity contribution in [2.45, 2.75) is 4.90 Å². The molecule has 0 aliphatic carbocycles. The van der Waals surface area contributed by atoms with E-state index in [0.717, 1.165) is 5.75 Å². The van der Waals surface area contributed by atoms with Crippen LogP contribution in [0.2, 0.25) is 0 Å². The van der Waals surface area contributed by atoms with Crippen LogP contribution in [0.5, 0.6) is 23.0 Å². The number of ether oxygens (including phenoxy) is 4. The van der Waals surface area contributed by atoms with Crippen LogP contribution in [0.25, 0.3) is 0 Å². The molecule has 0 saturated heterocycles. The maximum Gasteiger partial charge on any atom is 0.265 e. The van der Waals surface area contributed by atoms with Crippen molar-refractivity contribution >= 4 is 15.7 Å². The fraction of sp³-hybridized carbons (Fsp3) is 0.182. The van der Waals surface area contributed by atoms with Crippen molar-refractivity contribution in [3.63, 3.8) is 0 Å². The van der Waals surface area contributed by atoms with Gasteiger partial charge in [-0.25, -0.2) is 8.42 Å². The average molecular weight is 429 g/mol. The molecule has 0 unspecified atom stereocenters. The van der Waals surface area contributed by atoms with Crippen molar-refractivity contribution in [1.29, 1.82) is 0 Å². The lowest BCUT2D eigenvalue weighted by Gasteiger charge is -2.13. The zero-order valence-corrected chi connectivity index (χ0v) is 17.5. The lowest BCUT2D eigenvalue weighted by molar-refractivity contribution is 0.217. The van der Waals surface area contributed by atoms with Crippen molar-refractivity contribution in [2.24, 2.45) is 0 Å². The van der Waals surface area contributed by atoms with Crippen LogP contribution in [0.1, 0.15) is 0 Å². The number of hydrogen-bond acceptors (Lipinski definition) is 6. The standard InChI is InChI=1S/C22H23NO6S/c1-26-20-12-13-21(27-2)22(16-20)30(24,25)23-17-8-10-19(11-9-17)29-15-14-28-18-6-4-3-5-7-18/h3-13,16,23H,14-15H2,1-2H3. The quantitative estimate of drug-likeness (QED) is 0.491. The summed E-state index contributed by atoms with van der Waals surface area (Å²) in [5, 5.41) is 0. The Balaban J connectivity index is 1.59. The molecule has 3 aromatic carbocycles. The number of para-hydroxylation sites is 1. The van der Waals surface area contributed by atoms with Crippen molar-refractivity contribution in [3.05, 3.63) is 72.8 Å². The summed E-state index contributed by atoms with van der Waals surface area (Å²) in [6, 6.07) is 20.7. The smallest absolute Gasteiger partial charge is 0.265 e. The van der Waals surface area contributed by atoms with Gasteiger partial charge in [0, 0.05) is 11.8 Å². The largest absolute Gasteiger partial charge is 0.497 e. The Morgan fingerprint density at radius 1 is 0.733 bits per heavy atom. The van der Waals surface area contributed by atoms with Crippen molar-refractivity contribution in [2.75, 3.05) is 32.2 Å². The van der Waals surface area contributed by atoms with Gasteiger partial charge in [-0.3, -0.25) is 4.72 Å².